The van der Waals surface area contributed by atoms with Crippen molar-refractivity contribution in [3.63, 3.8) is 0 Å². The molecule has 21 heavy (non-hydrogen) atoms. The van der Waals surface area contributed by atoms with E-state index in [4.69, 9.17) is 0 Å². The molecule has 0 aliphatic carbocycles. The lowest BCUT2D eigenvalue weighted by Gasteiger charge is -2.10. The maximum absolute atomic E-state index is 3.31. The van der Waals surface area contributed by atoms with Gasteiger partial charge in [-0.1, -0.05) is 83.1 Å². The highest BCUT2D eigenvalue weighted by Gasteiger charge is 1.93. The van der Waals surface area contributed by atoms with Gasteiger partial charge >= 0.3 is 0 Å². The zero-order valence-electron chi connectivity index (χ0n) is 17.0. The summed E-state index contributed by atoms with van der Waals surface area (Å²) in [5, 5.41) is 9.92. The number of hydrogen-bond donors (Lipinski definition) is 3. The molecule has 132 valence electrons. The molecule has 3 heteroatoms. The van der Waals surface area contributed by atoms with Crippen LogP contribution >= 0.6 is 0 Å². The van der Waals surface area contributed by atoms with Gasteiger partial charge in [0.1, 0.15) is 0 Å². The molecule has 0 aliphatic rings. The van der Waals surface area contributed by atoms with Crippen LogP contribution in [0.3, 0.4) is 0 Å². The highest BCUT2D eigenvalue weighted by molar-refractivity contribution is 4.57. The SMILES string of the molecule is CC(C)NC(C)C.CC(C)NC(C)C.CC(C)NC(C)C. The number of hydrogen-bond acceptors (Lipinski definition) is 3. The first-order chi connectivity index (χ1) is 9.38. The Morgan fingerprint density at radius 1 is 0.286 bits per heavy atom. The van der Waals surface area contributed by atoms with Crippen molar-refractivity contribution in [1.82, 2.24) is 16.0 Å². The van der Waals surface area contributed by atoms with Crippen molar-refractivity contribution in [2.75, 3.05) is 0 Å². The van der Waals surface area contributed by atoms with E-state index in [2.05, 4.69) is 99.0 Å². The van der Waals surface area contributed by atoms with Crippen LogP contribution in [-0.2, 0) is 0 Å². The van der Waals surface area contributed by atoms with Crippen molar-refractivity contribution in [2.45, 2.75) is 119 Å². The van der Waals surface area contributed by atoms with Crippen molar-refractivity contribution in [3.05, 3.63) is 0 Å². The summed E-state index contributed by atoms with van der Waals surface area (Å²) in [6.07, 6.45) is 0. The molecular weight excluding hydrogens is 258 g/mol. The van der Waals surface area contributed by atoms with Crippen LogP contribution in [0.5, 0.6) is 0 Å². The fraction of sp³-hybridized carbons (Fsp3) is 1.00. The van der Waals surface area contributed by atoms with Gasteiger partial charge in [0.15, 0.2) is 0 Å². The summed E-state index contributed by atoms with van der Waals surface area (Å²) in [5.74, 6) is 0. The second kappa shape index (κ2) is 16.3. The Morgan fingerprint density at radius 3 is 0.381 bits per heavy atom. The van der Waals surface area contributed by atoms with E-state index in [-0.39, 0.29) is 0 Å². The summed E-state index contributed by atoms with van der Waals surface area (Å²) in [5.41, 5.74) is 0. The second-order valence-electron chi connectivity index (χ2n) is 7.43. The summed E-state index contributed by atoms with van der Waals surface area (Å²) in [6, 6.07) is 3.75. The van der Waals surface area contributed by atoms with Gasteiger partial charge < -0.3 is 16.0 Å². The minimum Gasteiger partial charge on any atom is -0.312 e. The Kier molecular flexibility index (Phi) is 20.0. The van der Waals surface area contributed by atoms with E-state index in [9.17, 15) is 0 Å². The van der Waals surface area contributed by atoms with Crippen LogP contribution in [0.2, 0.25) is 0 Å². The number of rotatable bonds is 6. The van der Waals surface area contributed by atoms with Gasteiger partial charge in [-0.25, -0.2) is 0 Å². The Balaban J connectivity index is -0.000000231. The summed E-state index contributed by atoms with van der Waals surface area (Å²) in [7, 11) is 0. The van der Waals surface area contributed by atoms with E-state index < -0.39 is 0 Å². The van der Waals surface area contributed by atoms with Gasteiger partial charge in [-0.05, 0) is 0 Å². The average Bonchev–Trinajstić information content (AvgIpc) is 2.10. The Morgan fingerprint density at radius 2 is 0.381 bits per heavy atom. The van der Waals surface area contributed by atoms with Crippen LogP contribution in [-0.4, -0.2) is 36.3 Å². The normalized spacial score (nSPS) is 11.1. The Bertz CT molecular complexity index is 134. The Hall–Kier alpha value is -0.120. The van der Waals surface area contributed by atoms with E-state index in [0.29, 0.717) is 36.3 Å². The molecule has 3 nitrogen and oxygen atoms in total. The molecule has 0 heterocycles. The summed E-state index contributed by atoms with van der Waals surface area (Å²) < 4.78 is 0. The van der Waals surface area contributed by atoms with Crippen molar-refractivity contribution in [1.29, 1.82) is 0 Å². The van der Waals surface area contributed by atoms with E-state index in [1.807, 2.05) is 0 Å². The molecule has 0 bridgehead atoms. The fourth-order valence-corrected chi connectivity index (χ4v) is 2.00. The third-order valence-electron chi connectivity index (χ3n) is 2.00. The number of nitrogens with one attached hydrogen (secondary N) is 3. The van der Waals surface area contributed by atoms with Crippen molar-refractivity contribution >= 4 is 0 Å². The molecule has 0 unspecified atom stereocenters. The maximum Gasteiger partial charge on any atom is 0.00127 e. The quantitative estimate of drug-likeness (QED) is 0.689. The first-order valence-corrected chi connectivity index (χ1v) is 8.66. The fourth-order valence-electron chi connectivity index (χ4n) is 2.00. The molecule has 0 saturated carbocycles. The van der Waals surface area contributed by atoms with Gasteiger partial charge in [0, 0.05) is 36.3 Å². The predicted octanol–water partition coefficient (Wildman–Crippen LogP) is 4.18. The van der Waals surface area contributed by atoms with E-state index in [1.165, 1.54) is 0 Å². The van der Waals surface area contributed by atoms with Gasteiger partial charge in [0.25, 0.3) is 0 Å². The van der Waals surface area contributed by atoms with Crippen molar-refractivity contribution < 1.29 is 0 Å². The minimum absolute atomic E-state index is 0.625. The van der Waals surface area contributed by atoms with E-state index in [1.54, 1.807) is 0 Å². The van der Waals surface area contributed by atoms with Gasteiger partial charge in [-0.15, -0.1) is 0 Å². The predicted molar refractivity (Wildman–Crippen MR) is 100 cm³/mol. The van der Waals surface area contributed by atoms with Crippen LogP contribution in [0.15, 0.2) is 0 Å². The van der Waals surface area contributed by atoms with Gasteiger partial charge in [0.2, 0.25) is 0 Å². The molecule has 0 aromatic heterocycles. The largest absolute Gasteiger partial charge is 0.312 e. The van der Waals surface area contributed by atoms with Gasteiger partial charge in [-0.3, -0.25) is 0 Å². The lowest BCUT2D eigenvalue weighted by Crippen LogP contribution is -2.29. The van der Waals surface area contributed by atoms with Gasteiger partial charge in [0.05, 0.1) is 0 Å². The zero-order valence-corrected chi connectivity index (χ0v) is 17.0. The van der Waals surface area contributed by atoms with E-state index in [0.717, 1.165) is 0 Å². The summed E-state index contributed by atoms with van der Waals surface area (Å²) >= 11 is 0. The molecule has 0 aromatic rings. The molecule has 0 amide bonds. The van der Waals surface area contributed by atoms with Crippen LogP contribution in [0.4, 0.5) is 0 Å². The van der Waals surface area contributed by atoms with E-state index >= 15 is 0 Å². The molecule has 3 N–H and O–H groups in total. The van der Waals surface area contributed by atoms with Crippen LogP contribution in [0.1, 0.15) is 83.1 Å². The average molecular weight is 304 g/mol. The molecule has 0 fully saturated rings. The summed E-state index contributed by atoms with van der Waals surface area (Å²) in [4.78, 5) is 0. The highest BCUT2D eigenvalue weighted by Crippen LogP contribution is 1.82. The first-order valence-electron chi connectivity index (χ1n) is 8.66. The van der Waals surface area contributed by atoms with Gasteiger partial charge in [-0.2, -0.15) is 0 Å². The summed E-state index contributed by atoms with van der Waals surface area (Å²) in [6.45, 7) is 25.8. The van der Waals surface area contributed by atoms with Crippen molar-refractivity contribution in [2.24, 2.45) is 0 Å². The van der Waals surface area contributed by atoms with Crippen molar-refractivity contribution in [3.8, 4) is 0 Å². The zero-order chi connectivity index (χ0) is 17.6. The first kappa shape index (κ1) is 25.8. The molecule has 0 saturated heterocycles. The molecule has 0 spiro atoms. The lowest BCUT2D eigenvalue weighted by atomic mass is 10.3. The molecule has 0 aliphatic heterocycles. The highest BCUT2D eigenvalue weighted by atomic mass is 14.9. The minimum atomic E-state index is 0.625. The third-order valence-corrected chi connectivity index (χ3v) is 2.00. The second-order valence-corrected chi connectivity index (χ2v) is 7.43. The van der Waals surface area contributed by atoms with Crippen LogP contribution < -0.4 is 16.0 Å². The maximum atomic E-state index is 3.31. The third kappa shape index (κ3) is 45.0. The molecule has 0 rings (SSSR count). The van der Waals surface area contributed by atoms with Crippen LogP contribution in [0.25, 0.3) is 0 Å². The smallest absolute Gasteiger partial charge is 0.00127 e. The molecule has 0 radical (unpaired) electrons. The standard InChI is InChI=1S/3C6H15N/c3*1-5(2)7-6(3)4/h3*5-7H,1-4H3. The monoisotopic (exact) mass is 303 g/mol. The lowest BCUT2D eigenvalue weighted by molar-refractivity contribution is 0.518. The van der Waals surface area contributed by atoms with Crippen LogP contribution in [0, 0.1) is 0 Å². The molecule has 0 aromatic carbocycles. The Labute approximate surface area is 136 Å². The topological polar surface area (TPSA) is 36.1 Å². The molecular formula is C18H45N3. The molecule has 0 atom stereocenters.